The fourth-order valence-electron chi connectivity index (χ4n) is 3.90. The number of rotatable bonds is 7. The molecule has 2 amide bonds. The summed E-state index contributed by atoms with van der Waals surface area (Å²) in [6.07, 6.45) is 7.71. The fourth-order valence-corrected chi connectivity index (χ4v) is 4.03. The first-order valence-corrected chi connectivity index (χ1v) is 10.2. The Kier molecular flexibility index (Phi) is 6.58. The van der Waals surface area contributed by atoms with Crippen LogP contribution in [-0.4, -0.2) is 46.8 Å². The zero-order valence-electron chi connectivity index (χ0n) is 15.6. The van der Waals surface area contributed by atoms with Gasteiger partial charge >= 0.3 is 0 Å². The second-order valence-corrected chi connectivity index (χ2v) is 8.04. The highest BCUT2D eigenvalue weighted by Gasteiger charge is 2.38. The minimum Gasteiger partial charge on any atom is -0.343 e. The van der Waals surface area contributed by atoms with E-state index >= 15 is 0 Å². The Bertz CT molecular complexity index is 619. The molecular weight excluding hydrogens is 348 g/mol. The van der Waals surface area contributed by atoms with Crippen LogP contribution >= 0.6 is 11.6 Å². The second-order valence-electron chi connectivity index (χ2n) is 7.60. The summed E-state index contributed by atoms with van der Waals surface area (Å²) in [6.45, 7) is 3.20. The fraction of sp³-hybridized carbons (Fsp3) is 0.619. The third-order valence-electron chi connectivity index (χ3n) is 5.55. The van der Waals surface area contributed by atoms with E-state index in [0.717, 1.165) is 63.1 Å². The number of carbonyl (C=O) groups excluding carboxylic acids is 2. The Labute approximate surface area is 161 Å². The van der Waals surface area contributed by atoms with Crippen LogP contribution in [0.4, 0.5) is 0 Å². The number of halogens is 1. The van der Waals surface area contributed by atoms with Crippen molar-refractivity contribution >= 4 is 23.4 Å². The van der Waals surface area contributed by atoms with Crippen molar-refractivity contribution in [3.63, 3.8) is 0 Å². The van der Waals surface area contributed by atoms with E-state index in [1.165, 1.54) is 5.56 Å². The Morgan fingerprint density at radius 2 is 1.65 bits per heavy atom. The first-order chi connectivity index (χ1) is 12.5. The van der Waals surface area contributed by atoms with Crippen LogP contribution in [0.5, 0.6) is 0 Å². The normalized spacial score (nSPS) is 18.0. The molecule has 1 aromatic carbocycles. The molecule has 0 aromatic heterocycles. The molecule has 1 heterocycles. The largest absolute Gasteiger partial charge is 0.343 e. The molecule has 1 aromatic rings. The minimum atomic E-state index is 0.148. The maximum absolute atomic E-state index is 12.8. The Hall–Kier alpha value is -1.55. The van der Waals surface area contributed by atoms with Crippen LogP contribution in [0.25, 0.3) is 0 Å². The zero-order valence-corrected chi connectivity index (χ0v) is 16.4. The van der Waals surface area contributed by atoms with Gasteiger partial charge in [0, 0.05) is 43.5 Å². The Morgan fingerprint density at radius 1 is 1.04 bits per heavy atom. The van der Waals surface area contributed by atoms with E-state index in [-0.39, 0.29) is 5.91 Å². The van der Waals surface area contributed by atoms with Gasteiger partial charge in [0.15, 0.2) is 0 Å². The number of benzene rings is 1. The molecule has 0 unspecified atom stereocenters. The van der Waals surface area contributed by atoms with Crippen molar-refractivity contribution in [2.75, 3.05) is 13.1 Å². The molecule has 0 atom stereocenters. The van der Waals surface area contributed by atoms with Gasteiger partial charge in [0.25, 0.3) is 0 Å². The van der Waals surface area contributed by atoms with Gasteiger partial charge in [0.1, 0.15) is 0 Å². The zero-order chi connectivity index (χ0) is 18.5. The van der Waals surface area contributed by atoms with Crippen molar-refractivity contribution in [3.8, 4) is 0 Å². The van der Waals surface area contributed by atoms with Gasteiger partial charge in [-0.05, 0) is 62.6 Å². The van der Waals surface area contributed by atoms with E-state index in [2.05, 4.69) is 17.0 Å². The lowest BCUT2D eigenvalue weighted by Crippen LogP contribution is -2.49. The number of aryl methyl sites for hydroxylation is 1. The summed E-state index contributed by atoms with van der Waals surface area (Å²) in [5.74, 6) is 0.458. The third kappa shape index (κ3) is 5.23. The Balaban J connectivity index is 1.44. The number of carbonyl (C=O) groups is 2. The smallest absolute Gasteiger partial charge is 0.223 e. The first-order valence-electron chi connectivity index (χ1n) is 9.85. The summed E-state index contributed by atoms with van der Waals surface area (Å²) in [6, 6.07) is 8.73. The molecule has 2 aliphatic rings. The molecule has 26 heavy (non-hydrogen) atoms. The summed E-state index contributed by atoms with van der Waals surface area (Å²) in [5, 5.41) is 0.764. The van der Waals surface area contributed by atoms with Crippen LogP contribution in [-0.2, 0) is 16.0 Å². The summed E-state index contributed by atoms with van der Waals surface area (Å²) in [5.41, 5.74) is 1.28. The van der Waals surface area contributed by atoms with Gasteiger partial charge in [0.05, 0.1) is 0 Å². The van der Waals surface area contributed by atoms with Gasteiger partial charge in [-0.25, -0.2) is 0 Å². The average Bonchev–Trinajstić information content (AvgIpc) is 3.46. The Morgan fingerprint density at radius 3 is 2.23 bits per heavy atom. The number of nitrogens with zero attached hydrogens (tertiary/aromatic N) is 2. The topological polar surface area (TPSA) is 40.6 Å². The summed E-state index contributed by atoms with van der Waals surface area (Å²) < 4.78 is 0. The average molecular weight is 377 g/mol. The van der Waals surface area contributed by atoms with Crippen molar-refractivity contribution < 1.29 is 9.59 Å². The van der Waals surface area contributed by atoms with Gasteiger partial charge in [-0.1, -0.05) is 23.7 Å². The molecule has 4 nitrogen and oxygen atoms in total. The molecule has 0 radical (unpaired) electrons. The van der Waals surface area contributed by atoms with Crippen molar-refractivity contribution in [2.45, 2.75) is 70.4 Å². The maximum Gasteiger partial charge on any atom is 0.223 e. The standard InChI is InChI=1S/C21H29ClN2O2/c1-16(25)23-14-12-20(13-15-23)24(19-10-11-19)21(26)5-3-2-4-17-6-8-18(22)9-7-17/h6-9,19-20H,2-5,10-15H2,1H3. The third-order valence-corrected chi connectivity index (χ3v) is 5.80. The molecule has 3 rings (SSSR count). The van der Waals surface area contributed by atoms with Gasteiger partial charge in [0.2, 0.25) is 11.8 Å². The van der Waals surface area contributed by atoms with E-state index in [1.54, 1.807) is 6.92 Å². The van der Waals surface area contributed by atoms with Crippen LogP contribution in [0.2, 0.25) is 5.02 Å². The molecule has 1 saturated carbocycles. The molecule has 1 aliphatic carbocycles. The number of likely N-dealkylation sites (tertiary alicyclic amines) is 1. The molecular formula is C21H29ClN2O2. The predicted molar refractivity (Wildman–Crippen MR) is 104 cm³/mol. The summed E-state index contributed by atoms with van der Waals surface area (Å²) in [7, 11) is 0. The summed E-state index contributed by atoms with van der Waals surface area (Å²) >= 11 is 5.91. The summed E-state index contributed by atoms with van der Waals surface area (Å²) in [4.78, 5) is 28.4. The van der Waals surface area contributed by atoms with Crippen molar-refractivity contribution in [3.05, 3.63) is 34.9 Å². The first kappa shape index (κ1) is 19.2. The highest BCUT2D eigenvalue weighted by molar-refractivity contribution is 6.30. The SMILES string of the molecule is CC(=O)N1CCC(N(C(=O)CCCCc2ccc(Cl)cc2)C2CC2)CC1. The molecule has 0 N–H and O–H groups in total. The van der Waals surface area contributed by atoms with Gasteiger partial charge in [-0.3, -0.25) is 9.59 Å². The number of hydrogen-bond donors (Lipinski definition) is 0. The van der Waals surface area contributed by atoms with E-state index in [9.17, 15) is 9.59 Å². The number of hydrogen-bond acceptors (Lipinski definition) is 2. The number of unbranched alkanes of at least 4 members (excludes halogenated alkanes) is 1. The van der Waals surface area contributed by atoms with Crippen molar-refractivity contribution in [2.24, 2.45) is 0 Å². The quantitative estimate of drug-likeness (QED) is 0.673. The van der Waals surface area contributed by atoms with Crippen LogP contribution < -0.4 is 0 Å². The second kappa shape index (κ2) is 8.90. The molecule has 2 fully saturated rings. The van der Waals surface area contributed by atoms with Gasteiger partial charge in [-0.15, -0.1) is 0 Å². The minimum absolute atomic E-state index is 0.148. The van der Waals surface area contributed by atoms with Crippen LogP contribution in [0, 0.1) is 0 Å². The van der Waals surface area contributed by atoms with Crippen molar-refractivity contribution in [1.29, 1.82) is 0 Å². The van der Waals surface area contributed by atoms with Crippen LogP contribution in [0.15, 0.2) is 24.3 Å². The van der Waals surface area contributed by atoms with E-state index in [4.69, 9.17) is 11.6 Å². The molecule has 0 spiro atoms. The number of amides is 2. The van der Waals surface area contributed by atoms with E-state index < -0.39 is 0 Å². The number of piperidine rings is 1. The lowest BCUT2D eigenvalue weighted by molar-refractivity contribution is -0.136. The lowest BCUT2D eigenvalue weighted by Gasteiger charge is -2.38. The van der Waals surface area contributed by atoms with Gasteiger partial charge < -0.3 is 9.80 Å². The van der Waals surface area contributed by atoms with Gasteiger partial charge in [-0.2, -0.15) is 0 Å². The van der Waals surface area contributed by atoms with E-state index in [0.29, 0.717) is 24.4 Å². The maximum atomic E-state index is 12.8. The highest BCUT2D eigenvalue weighted by Crippen LogP contribution is 2.32. The monoisotopic (exact) mass is 376 g/mol. The molecule has 5 heteroatoms. The highest BCUT2D eigenvalue weighted by atomic mass is 35.5. The van der Waals surface area contributed by atoms with Crippen molar-refractivity contribution in [1.82, 2.24) is 9.80 Å². The van der Waals surface area contributed by atoms with E-state index in [1.807, 2.05) is 17.0 Å². The molecule has 1 saturated heterocycles. The molecule has 1 aliphatic heterocycles. The predicted octanol–water partition coefficient (Wildman–Crippen LogP) is 4.05. The lowest BCUT2D eigenvalue weighted by atomic mass is 10.0. The van der Waals surface area contributed by atoms with Crippen LogP contribution in [0.1, 0.15) is 57.4 Å². The molecule has 0 bridgehead atoms. The molecule has 142 valence electrons. The van der Waals surface area contributed by atoms with Crippen LogP contribution in [0.3, 0.4) is 0 Å².